The molecule has 1 heterocycles. The molecule has 0 fully saturated rings. The zero-order valence-electron chi connectivity index (χ0n) is 7.27. The molecule has 14 heavy (non-hydrogen) atoms. The number of nitrogens with zero attached hydrogens (tertiary/aromatic N) is 1. The van der Waals surface area contributed by atoms with E-state index in [1.807, 2.05) is 29.6 Å². The molecule has 2 rings (SSSR count). The van der Waals surface area contributed by atoms with Crippen LogP contribution in [0.2, 0.25) is 0 Å². The van der Waals surface area contributed by atoms with Gasteiger partial charge in [-0.1, -0.05) is 34.1 Å². The fourth-order valence-corrected chi connectivity index (χ4v) is 2.32. The summed E-state index contributed by atoms with van der Waals surface area (Å²) in [6.45, 7) is 0.00905. The van der Waals surface area contributed by atoms with Crippen molar-refractivity contribution < 1.29 is 5.11 Å². The third-order valence-corrected chi connectivity index (χ3v) is 3.36. The Morgan fingerprint density at radius 2 is 2.14 bits per heavy atom. The van der Waals surface area contributed by atoms with Crippen LogP contribution in [0.25, 0.3) is 11.3 Å². The Kier molecular flexibility index (Phi) is 2.96. The van der Waals surface area contributed by atoms with Crippen molar-refractivity contribution >= 4 is 27.3 Å². The zero-order valence-corrected chi connectivity index (χ0v) is 9.68. The zero-order chi connectivity index (χ0) is 9.97. The van der Waals surface area contributed by atoms with Crippen molar-refractivity contribution in [3.8, 4) is 11.3 Å². The number of thiazole rings is 1. The Bertz CT molecular complexity index is 441. The van der Waals surface area contributed by atoms with Crippen LogP contribution in [0.5, 0.6) is 0 Å². The highest BCUT2D eigenvalue weighted by Gasteiger charge is 2.06. The quantitative estimate of drug-likeness (QED) is 0.909. The van der Waals surface area contributed by atoms with Crippen molar-refractivity contribution in [1.82, 2.24) is 4.98 Å². The highest BCUT2D eigenvalue weighted by Crippen LogP contribution is 2.28. The van der Waals surface area contributed by atoms with Gasteiger partial charge in [0.1, 0.15) is 5.01 Å². The van der Waals surface area contributed by atoms with Crippen LogP contribution < -0.4 is 0 Å². The Balaban J connectivity index is 2.44. The number of aliphatic hydroxyl groups excluding tert-OH is 1. The van der Waals surface area contributed by atoms with Crippen molar-refractivity contribution in [3.05, 3.63) is 39.1 Å². The Morgan fingerprint density at radius 3 is 2.79 bits per heavy atom. The largest absolute Gasteiger partial charge is 0.389 e. The molecule has 0 saturated heterocycles. The molecule has 0 spiro atoms. The molecule has 1 N–H and O–H groups in total. The van der Waals surface area contributed by atoms with Crippen LogP contribution in [0.4, 0.5) is 0 Å². The topological polar surface area (TPSA) is 33.1 Å². The monoisotopic (exact) mass is 269 g/mol. The summed E-state index contributed by atoms with van der Waals surface area (Å²) >= 11 is 4.94. The maximum Gasteiger partial charge on any atom is 0.119 e. The summed E-state index contributed by atoms with van der Waals surface area (Å²) in [6, 6.07) is 7.92. The average molecular weight is 270 g/mol. The molecular formula is C10H8BrNOS. The summed E-state index contributed by atoms with van der Waals surface area (Å²) in [5.41, 5.74) is 1.97. The van der Waals surface area contributed by atoms with Crippen molar-refractivity contribution in [2.45, 2.75) is 6.61 Å². The molecule has 4 heteroatoms. The first-order valence-electron chi connectivity index (χ1n) is 4.11. The first kappa shape index (κ1) is 9.83. The molecule has 0 saturated carbocycles. The van der Waals surface area contributed by atoms with Crippen molar-refractivity contribution in [2.75, 3.05) is 0 Å². The second-order valence-corrected chi connectivity index (χ2v) is 4.56. The summed E-state index contributed by atoms with van der Waals surface area (Å²) in [6.07, 6.45) is 0. The van der Waals surface area contributed by atoms with Gasteiger partial charge in [-0.2, -0.15) is 0 Å². The number of halogens is 1. The first-order chi connectivity index (χ1) is 6.81. The van der Waals surface area contributed by atoms with E-state index in [0.29, 0.717) is 0 Å². The second-order valence-electron chi connectivity index (χ2n) is 2.76. The van der Waals surface area contributed by atoms with Crippen LogP contribution >= 0.6 is 27.3 Å². The first-order valence-corrected chi connectivity index (χ1v) is 5.78. The fourth-order valence-electron chi connectivity index (χ4n) is 1.18. The minimum absolute atomic E-state index is 0.00905. The molecule has 0 aliphatic heterocycles. The smallest absolute Gasteiger partial charge is 0.119 e. The van der Waals surface area contributed by atoms with Crippen LogP contribution in [0.3, 0.4) is 0 Å². The van der Waals surface area contributed by atoms with Gasteiger partial charge in [0.25, 0.3) is 0 Å². The van der Waals surface area contributed by atoms with Gasteiger partial charge in [0.2, 0.25) is 0 Å². The minimum Gasteiger partial charge on any atom is -0.389 e. The van der Waals surface area contributed by atoms with Gasteiger partial charge in [-0.3, -0.25) is 0 Å². The lowest BCUT2D eigenvalue weighted by Crippen LogP contribution is -1.82. The molecule has 0 bridgehead atoms. The molecular weight excluding hydrogens is 262 g/mol. The molecule has 0 aliphatic carbocycles. The molecule has 72 valence electrons. The summed E-state index contributed by atoms with van der Waals surface area (Å²) in [7, 11) is 0. The van der Waals surface area contributed by atoms with Gasteiger partial charge >= 0.3 is 0 Å². The Hall–Kier alpha value is -0.710. The lowest BCUT2D eigenvalue weighted by molar-refractivity contribution is 0.281. The van der Waals surface area contributed by atoms with E-state index in [0.717, 1.165) is 20.7 Å². The van der Waals surface area contributed by atoms with Crippen molar-refractivity contribution in [3.63, 3.8) is 0 Å². The summed E-state index contributed by atoms with van der Waals surface area (Å²) in [5, 5.41) is 11.6. The van der Waals surface area contributed by atoms with Gasteiger partial charge in [0, 0.05) is 15.4 Å². The lowest BCUT2D eigenvalue weighted by Gasteiger charge is -1.98. The maximum absolute atomic E-state index is 8.90. The normalized spacial score (nSPS) is 10.4. The van der Waals surface area contributed by atoms with E-state index in [9.17, 15) is 0 Å². The summed E-state index contributed by atoms with van der Waals surface area (Å²) in [5.74, 6) is 0. The number of benzene rings is 1. The van der Waals surface area contributed by atoms with Gasteiger partial charge in [-0.05, 0) is 6.07 Å². The molecule has 2 aromatic rings. The number of aromatic nitrogens is 1. The van der Waals surface area contributed by atoms with Gasteiger partial charge in [-0.25, -0.2) is 4.98 Å². The van der Waals surface area contributed by atoms with Crippen LogP contribution in [0, 0.1) is 0 Å². The third kappa shape index (κ3) is 1.87. The summed E-state index contributed by atoms with van der Waals surface area (Å²) in [4.78, 5) is 4.30. The number of hydrogen-bond donors (Lipinski definition) is 1. The van der Waals surface area contributed by atoms with Gasteiger partial charge in [0.15, 0.2) is 0 Å². The van der Waals surface area contributed by atoms with Crippen molar-refractivity contribution in [2.24, 2.45) is 0 Å². The number of aliphatic hydroxyl groups is 1. The highest BCUT2D eigenvalue weighted by atomic mass is 79.9. The predicted molar refractivity (Wildman–Crippen MR) is 61.2 cm³/mol. The van der Waals surface area contributed by atoms with Gasteiger partial charge in [0.05, 0.1) is 12.3 Å². The molecule has 0 atom stereocenters. The van der Waals surface area contributed by atoms with Gasteiger partial charge < -0.3 is 5.11 Å². The lowest BCUT2D eigenvalue weighted by atomic mass is 10.2. The SMILES string of the molecule is OCc1nc(-c2ccccc2Br)cs1. The van der Waals surface area contributed by atoms with E-state index in [1.54, 1.807) is 0 Å². The van der Waals surface area contributed by atoms with E-state index in [2.05, 4.69) is 20.9 Å². The van der Waals surface area contributed by atoms with E-state index < -0.39 is 0 Å². The van der Waals surface area contributed by atoms with Gasteiger partial charge in [-0.15, -0.1) is 11.3 Å². The average Bonchev–Trinajstić information content (AvgIpc) is 2.67. The second kappa shape index (κ2) is 4.21. The fraction of sp³-hybridized carbons (Fsp3) is 0.100. The molecule has 2 nitrogen and oxygen atoms in total. The minimum atomic E-state index is 0.00905. The maximum atomic E-state index is 8.90. The third-order valence-electron chi connectivity index (χ3n) is 1.84. The number of hydrogen-bond acceptors (Lipinski definition) is 3. The van der Waals surface area contributed by atoms with Crippen LogP contribution in [-0.2, 0) is 6.61 Å². The Labute approximate surface area is 94.4 Å². The van der Waals surface area contributed by atoms with Crippen LogP contribution in [0.1, 0.15) is 5.01 Å². The van der Waals surface area contributed by atoms with Crippen LogP contribution in [-0.4, -0.2) is 10.1 Å². The molecule has 0 unspecified atom stereocenters. The molecule has 0 radical (unpaired) electrons. The highest BCUT2D eigenvalue weighted by molar-refractivity contribution is 9.10. The Morgan fingerprint density at radius 1 is 1.36 bits per heavy atom. The van der Waals surface area contributed by atoms with E-state index in [-0.39, 0.29) is 6.61 Å². The predicted octanol–water partition coefficient (Wildman–Crippen LogP) is 3.06. The van der Waals surface area contributed by atoms with Crippen LogP contribution in [0.15, 0.2) is 34.1 Å². The standard InChI is InChI=1S/C10H8BrNOS/c11-8-4-2-1-3-7(8)9-6-14-10(5-13)12-9/h1-4,6,13H,5H2. The van der Waals surface area contributed by atoms with E-state index >= 15 is 0 Å². The van der Waals surface area contributed by atoms with E-state index in [4.69, 9.17) is 5.11 Å². The molecule has 0 amide bonds. The molecule has 1 aromatic heterocycles. The number of rotatable bonds is 2. The summed E-state index contributed by atoms with van der Waals surface area (Å²) < 4.78 is 1.02. The van der Waals surface area contributed by atoms with E-state index in [1.165, 1.54) is 11.3 Å². The van der Waals surface area contributed by atoms with Crippen molar-refractivity contribution in [1.29, 1.82) is 0 Å². The molecule has 0 aliphatic rings. The molecule has 1 aromatic carbocycles.